The van der Waals surface area contributed by atoms with Crippen molar-refractivity contribution in [2.45, 2.75) is 4.95 Å². The van der Waals surface area contributed by atoms with E-state index in [9.17, 15) is 0 Å². The summed E-state index contributed by atoms with van der Waals surface area (Å²) in [4.78, 5) is 4.71. The van der Waals surface area contributed by atoms with E-state index >= 15 is 0 Å². The van der Waals surface area contributed by atoms with Crippen molar-refractivity contribution in [2.24, 2.45) is 0 Å². The van der Waals surface area contributed by atoms with Crippen LogP contribution in [0.2, 0.25) is 0 Å². The number of hydrogen-bond donors (Lipinski definition) is 0. The summed E-state index contributed by atoms with van der Waals surface area (Å²) in [6.45, 7) is 0. The second-order valence-corrected chi connectivity index (χ2v) is 6.03. The van der Waals surface area contributed by atoms with Gasteiger partial charge in [0.25, 0.3) is 5.88 Å². The van der Waals surface area contributed by atoms with E-state index in [0.29, 0.717) is 16.1 Å². The van der Waals surface area contributed by atoms with Crippen LogP contribution in [0.1, 0.15) is 0 Å². The van der Waals surface area contributed by atoms with Crippen molar-refractivity contribution in [3.8, 4) is 0 Å². The molecule has 0 bridgehead atoms. The fourth-order valence-corrected chi connectivity index (χ4v) is 4.32. The maximum atomic E-state index is 5.02. The number of halogens is 6. The molecule has 1 atom stereocenters. The zero-order valence-electron chi connectivity index (χ0n) is 6.52. The maximum absolute atomic E-state index is 5.02. The van der Waals surface area contributed by atoms with Crippen LogP contribution < -0.4 is 0 Å². The Balaban J connectivity index is 3.16. The Kier molecular flexibility index (Phi) is 6.50. The van der Waals surface area contributed by atoms with Crippen molar-refractivity contribution in [1.82, 2.24) is 3.93 Å². The van der Waals surface area contributed by atoms with Gasteiger partial charge in [-0.25, -0.2) is 0 Å². The van der Waals surface area contributed by atoms with Gasteiger partial charge in [0, 0.05) is 0 Å². The van der Waals surface area contributed by atoms with Crippen molar-refractivity contribution >= 4 is 96.5 Å². The summed E-state index contributed by atoms with van der Waals surface area (Å²) >= 11 is 19.0. The van der Waals surface area contributed by atoms with Crippen LogP contribution in [0.4, 0.5) is 0 Å². The van der Waals surface area contributed by atoms with Crippen molar-refractivity contribution in [1.29, 1.82) is 0 Å². The van der Waals surface area contributed by atoms with Gasteiger partial charge in [0.2, 0.25) is 0 Å². The lowest BCUT2D eigenvalue weighted by molar-refractivity contribution is -0.154. The van der Waals surface area contributed by atoms with E-state index in [2.05, 4.69) is 100 Å². The van der Waals surface area contributed by atoms with E-state index in [1.165, 1.54) is 0 Å². The van der Waals surface area contributed by atoms with Gasteiger partial charge >= 0.3 is 0 Å². The highest BCUT2D eigenvalue weighted by Crippen LogP contribution is 2.43. The normalized spacial score (nSPS) is 22.3. The highest BCUT2D eigenvalue weighted by molar-refractivity contribution is 9.14. The number of nitrogens with zero attached hydrogens (tertiary/aromatic N) is 1. The Morgan fingerprint density at radius 3 is 2.27 bits per heavy atom. The van der Waals surface area contributed by atoms with E-state index in [0.717, 1.165) is 4.48 Å². The maximum Gasteiger partial charge on any atom is 0.263 e. The molecule has 1 aliphatic rings. The van der Waals surface area contributed by atoms with Crippen LogP contribution in [0, 0.1) is 0 Å². The first-order valence-electron chi connectivity index (χ1n) is 3.17. The predicted octanol–water partition coefficient (Wildman–Crippen LogP) is 5.09. The van der Waals surface area contributed by atoms with Crippen molar-refractivity contribution < 1.29 is 12.7 Å². The van der Waals surface area contributed by atoms with Crippen LogP contribution in [0.3, 0.4) is 0 Å². The van der Waals surface area contributed by atoms with Gasteiger partial charge in [0.05, 0.1) is 20.6 Å². The lowest BCUT2D eigenvalue weighted by atomic mass is 10.3. The molecule has 10 heteroatoms. The van der Waals surface area contributed by atoms with E-state index in [4.69, 9.17) is 8.72 Å². The Hall–Kier alpha value is 1.72. The minimum atomic E-state index is -0.191. The minimum Gasteiger partial charge on any atom is -0.416 e. The molecule has 0 aromatic carbocycles. The highest BCUT2D eigenvalue weighted by atomic mass is 79.9. The molecular weight excluding hydrogens is 601 g/mol. The SMILES string of the molecule is BrOOC1=C(Br)C(OBr)=C(Br)C(Br)N1Br. The van der Waals surface area contributed by atoms with Crippen molar-refractivity contribution in [3.05, 3.63) is 20.6 Å². The molecule has 15 heavy (non-hydrogen) atoms. The molecule has 0 radical (unpaired) electrons. The fourth-order valence-electron chi connectivity index (χ4n) is 0.779. The molecule has 4 nitrogen and oxygen atoms in total. The lowest BCUT2D eigenvalue weighted by Crippen LogP contribution is -2.27. The highest BCUT2D eigenvalue weighted by Gasteiger charge is 2.34. The summed E-state index contributed by atoms with van der Waals surface area (Å²) in [7, 11) is 0. The molecule has 0 saturated carbocycles. The van der Waals surface area contributed by atoms with Gasteiger partial charge in [-0.3, -0.25) is 3.93 Å². The number of alkyl halides is 1. The molecule has 1 aliphatic heterocycles. The topological polar surface area (TPSA) is 30.9 Å². The molecule has 86 valence electrons. The van der Waals surface area contributed by atoms with Crippen LogP contribution in [0.25, 0.3) is 0 Å². The molecule has 1 rings (SSSR count). The summed E-state index contributed by atoms with van der Waals surface area (Å²) < 4.78 is 12.4. The third-order valence-electron chi connectivity index (χ3n) is 1.39. The quantitative estimate of drug-likeness (QED) is 0.148. The second kappa shape index (κ2) is 6.60. The van der Waals surface area contributed by atoms with Crippen LogP contribution in [0.5, 0.6) is 0 Å². The van der Waals surface area contributed by atoms with Gasteiger partial charge in [-0.1, -0.05) is 15.9 Å². The predicted molar refractivity (Wildman–Crippen MR) is 76.5 cm³/mol. The molecule has 1 heterocycles. The average molecular weight is 602 g/mol. The lowest BCUT2D eigenvalue weighted by Gasteiger charge is -2.28. The molecule has 1 unspecified atom stereocenters. The molecule has 0 aromatic rings. The second-order valence-electron chi connectivity index (χ2n) is 2.17. The van der Waals surface area contributed by atoms with Gasteiger partial charge in [-0.05, 0) is 31.9 Å². The fraction of sp³-hybridized carbons (Fsp3) is 0.200. The van der Waals surface area contributed by atoms with Crippen LogP contribution >= 0.6 is 96.5 Å². The van der Waals surface area contributed by atoms with Crippen LogP contribution in [0.15, 0.2) is 20.6 Å². The molecule has 0 spiro atoms. The number of hydrogen-bond acceptors (Lipinski definition) is 4. The minimum absolute atomic E-state index is 0.191. The molecule has 0 aliphatic carbocycles. The van der Waals surface area contributed by atoms with E-state index in [-0.39, 0.29) is 4.95 Å². The van der Waals surface area contributed by atoms with Gasteiger partial charge in [-0.15, -0.1) is 3.98 Å². The van der Waals surface area contributed by atoms with Gasteiger partial charge in [-0.2, -0.15) is 0 Å². The van der Waals surface area contributed by atoms with Crippen molar-refractivity contribution in [3.63, 3.8) is 0 Å². The number of allylic oxidation sites excluding steroid dienone is 1. The standard InChI is InChI=1S/C5HBr6NO3/c6-1-3(13-10)2(7)5(14-15-11)12(9)4(1)8/h4H. The average Bonchev–Trinajstić information content (AvgIpc) is 2.22. The van der Waals surface area contributed by atoms with Crippen molar-refractivity contribution in [2.75, 3.05) is 0 Å². The Bertz CT molecular complexity index is 318. The Morgan fingerprint density at radius 2 is 1.80 bits per heavy atom. The molecular formula is C5HBr6NO3. The van der Waals surface area contributed by atoms with Gasteiger partial charge in [0.15, 0.2) is 38.3 Å². The first kappa shape index (κ1) is 14.8. The van der Waals surface area contributed by atoms with Crippen LogP contribution in [-0.2, 0) is 12.7 Å². The largest absolute Gasteiger partial charge is 0.416 e. The zero-order valence-corrected chi connectivity index (χ0v) is 16.0. The van der Waals surface area contributed by atoms with Gasteiger partial charge in [0.1, 0.15) is 9.43 Å². The monoisotopic (exact) mass is 597 g/mol. The first-order chi connectivity index (χ1) is 7.04. The summed E-state index contributed by atoms with van der Waals surface area (Å²) in [5.74, 6) is 0.915. The molecule has 0 N–H and O–H groups in total. The summed E-state index contributed by atoms with van der Waals surface area (Å²) in [6, 6.07) is 0. The summed E-state index contributed by atoms with van der Waals surface area (Å²) in [6.07, 6.45) is 0. The molecule has 0 amide bonds. The van der Waals surface area contributed by atoms with E-state index in [1.807, 2.05) is 0 Å². The molecule has 0 saturated heterocycles. The summed E-state index contributed by atoms with van der Waals surface area (Å²) in [5, 5.41) is 0. The molecule has 0 fully saturated rings. The summed E-state index contributed by atoms with van der Waals surface area (Å²) in [5.41, 5.74) is 0. The van der Waals surface area contributed by atoms with E-state index in [1.54, 1.807) is 3.93 Å². The van der Waals surface area contributed by atoms with E-state index < -0.39 is 0 Å². The van der Waals surface area contributed by atoms with Crippen LogP contribution in [-0.4, -0.2) is 8.88 Å². The Labute approximate surface area is 137 Å². The molecule has 0 aromatic heterocycles. The van der Waals surface area contributed by atoms with Gasteiger partial charge < -0.3 is 8.72 Å². The smallest absolute Gasteiger partial charge is 0.263 e. The third-order valence-corrected chi connectivity index (χ3v) is 6.11. The zero-order chi connectivity index (χ0) is 11.6. The number of rotatable bonds is 3. The first-order valence-corrected chi connectivity index (χ1v) is 7.68. The Morgan fingerprint density at radius 1 is 1.20 bits per heavy atom. The third kappa shape index (κ3) is 3.14.